The number of nitrogens with zero attached hydrogens (tertiary/aromatic N) is 4. The van der Waals surface area contributed by atoms with Crippen LogP contribution >= 0.6 is 0 Å². The Morgan fingerprint density at radius 2 is 2.00 bits per heavy atom. The number of likely N-dealkylation sites (N-methyl/N-ethyl adjacent to an activating group) is 1. The predicted molar refractivity (Wildman–Crippen MR) is 89.3 cm³/mol. The Morgan fingerprint density at radius 3 is 2.75 bits per heavy atom. The number of hydrogen-bond acceptors (Lipinski definition) is 7. The average Bonchev–Trinajstić information content (AvgIpc) is 3.04. The number of aromatic nitrogens is 2. The van der Waals surface area contributed by atoms with Gasteiger partial charge in [0.05, 0.1) is 25.9 Å². The van der Waals surface area contributed by atoms with Gasteiger partial charge in [0.15, 0.2) is 0 Å². The van der Waals surface area contributed by atoms with E-state index in [1.165, 1.54) is 0 Å². The average molecular weight is 332 g/mol. The van der Waals surface area contributed by atoms with E-state index < -0.39 is 6.10 Å². The van der Waals surface area contributed by atoms with Gasteiger partial charge in [0.1, 0.15) is 0 Å². The smallest absolute Gasteiger partial charge is 0.241 e. The summed E-state index contributed by atoms with van der Waals surface area (Å²) in [6.45, 7) is 4.97. The molecule has 130 valence electrons. The van der Waals surface area contributed by atoms with Gasteiger partial charge in [-0.1, -0.05) is 35.5 Å². The molecule has 0 radical (unpaired) electrons. The molecule has 1 aliphatic rings. The third-order valence-corrected chi connectivity index (χ3v) is 4.00. The van der Waals surface area contributed by atoms with Crippen molar-refractivity contribution in [2.45, 2.75) is 12.6 Å². The van der Waals surface area contributed by atoms with Gasteiger partial charge in [0, 0.05) is 31.7 Å². The van der Waals surface area contributed by atoms with Gasteiger partial charge in [0.2, 0.25) is 11.7 Å². The van der Waals surface area contributed by atoms with E-state index in [9.17, 15) is 5.11 Å². The molecule has 3 rings (SSSR count). The lowest BCUT2D eigenvalue weighted by atomic mass is 10.2. The molecule has 1 aromatic heterocycles. The molecule has 0 aliphatic carbocycles. The van der Waals surface area contributed by atoms with Crippen LogP contribution in [0.2, 0.25) is 0 Å². The fraction of sp³-hybridized carbons (Fsp3) is 0.529. The third-order valence-electron chi connectivity index (χ3n) is 4.00. The van der Waals surface area contributed by atoms with Crippen molar-refractivity contribution in [3.05, 3.63) is 36.2 Å². The lowest BCUT2D eigenvalue weighted by Gasteiger charge is -2.29. The van der Waals surface area contributed by atoms with Gasteiger partial charge >= 0.3 is 0 Å². The van der Waals surface area contributed by atoms with Crippen LogP contribution in [0.1, 0.15) is 5.89 Å². The molecular weight excluding hydrogens is 308 g/mol. The fourth-order valence-corrected chi connectivity index (χ4v) is 2.82. The van der Waals surface area contributed by atoms with E-state index in [-0.39, 0.29) is 0 Å². The summed E-state index contributed by atoms with van der Waals surface area (Å²) in [5, 5.41) is 14.3. The van der Waals surface area contributed by atoms with Gasteiger partial charge in [0.25, 0.3) is 0 Å². The quantitative estimate of drug-likeness (QED) is 0.806. The molecule has 0 bridgehead atoms. The maximum Gasteiger partial charge on any atom is 0.241 e. The standard InChI is InChI=1S/C17H24N4O3/c1-20(11-15(22)12-21-7-9-23-10-8-21)13-16-18-17(19-24-16)14-5-3-2-4-6-14/h2-6,15,22H,7-13H2,1H3. The normalized spacial score (nSPS) is 17.3. The van der Waals surface area contributed by atoms with Crippen molar-refractivity contribution in [1.82, 2.24) is 19.9 Å². The van der Waals surface area contributed by atoms with Gasteiger partial charge < -0.3 is 14.4 Å². The first-order chi connectivity index (χ1) is 11.7. The second-order valence-electron chi connectivity index (χ2n) is 6.14. The molecule has 0 amide bonds. The zero-order chi connectivity index (χ0) is 16.8. The van der Waals surface area contributed by atoms with E-state index in [0.29, 0.717) is 31.3 Å². The Balaban J connectivity index is 1.48. The Morgan fingerprint density at radius 1 is 1.25 bits per heavy atom. The van der Waals surface area contributed by atoms with Crippen LogP contribution in [-0.2, 0) is 11.3 Å². The van der Waals surface area contributed by atoms with Crippen molar-refractivity contribution < 1.29 is 14.4 Å². The Bertz CT molecular complexity index is 613. The number of morpholine rings is 1. The topological polar surface area (TPSA) is 74.9 Å². The third kappa shape index (κ3) is 4.85. The summed E-state index contributed by atoms with van der Waals surface area (Å²) in [5.41, 5.74) is 0.933. The molecule has 1 aliphatic heterocycles. The van der Waals surface area contributed by atoms with E-state index in [2.05, 4.69) is 15.0 Å². The first-order valence-electron chi connectivity index (χ1n) is 8.25. The van der Waals surface area contributed by atoms with Crippen LogP contribution < -0.4 is 0 Å². The maximum atomic E-state index is 10.2. The van der Waals surface area contributed by atoms with Crippen molar-refractivity contribution >= 4 is 0 Å². The Labute approximate surface area is 141 Å². The Hall–Kier alpha value is -1.80. The molecule has 1 atom stereocenters. The van der Waals surface area contributed by atoms with Crippen LogP contribution in [0.3, 0.4) is 0 Å². The maximum absolute atomic E-state index is 10.2. The molecule has 1 unspecified atom stereocenters. The summed E-state index contributed by atoms with van der Waals surface area (Å²) in [4.78, 5) is 8.63. The highest BCUT2D eigenvalue weighted by molar-refractivity contribution is 5.53. The van der Waals surface area contributed by atoms with E-state index in [1.807, 2.05) is 42.3 Å². The number of ether oxygens (including phenoxy) is 1. The summed E-state index contributed by atoms with van der Waals surface area (Å²) >= 11 is 0. The molecule has 2 aromatic rings. The number of hydrogen-bond donors (Lipinski definition) is 1. The van der Waals surface area contributed by atoms with Gasteiger partial charge in [-0.3, -0.25) is 9.80 Å². The molecule has 24 heavy (non-hydrogen) atoms. The van der Waals surface area contributed by atoms with Crippen molar-refractivity contribution in [2.75, 3.05) is 46.4 Å². The van der Waals surface area contributed by atoms with Gasteiger partial charge in [-0.2, -0.15) is 4.98 Å². The lowest BCUT2D eigenvalue weighted by molar-refractivity contribution is 0.00773. The highest BCUT2D eigenvalue weighted by atomic mass is 16.5. The van der Waals surface area contributed by atoms with E-state index in [1.54, 1.807) is 0 Å². The summed E-state index contributed by atoms with van der Waals surface area (Å²) in [7, 11) is 1.94. The first kappa shape index (κ1) is 17.0. The van der Waals surface area contributed by atoms with Crippen LogP contribution in [0.15, 0.2) is 34.9 Å². The van der Waals surface area contributed by atoms with Crippen molar-refractivity contribution in [1.29, 1.82) is 0 Å². The van der Waals surface area contributed by atoms with E-state index >= 15 is 0 Å². The van der Waals surface area contributed by atoms with Crippen LogP contribution in [0.5, 0.6) is 0 Å². The first-order valence-corrected chi connectivity index (χ1v) is 8.25. The molecule has 1 aromatic carbocycles. The van der Waals surface area contributed by atoms with Crippen molar-refractivity contribution in [3.8, 4) is 11.4 Å². The minimum Gasteiger partial charge on any atom is -0.390 e. The van der Waals surface area contributed by atoms with E-state index in [0.717, 1.165) is 31.9 Å². The van der Waals surface area contributed by atoms with Crippen LogP contribution in [0.4, 0.5) is 0 Å². The number of rotatable bonds is 7. The summed E-state index contributed by atoms with van der Waals surface area (Å²) in [6, 6.07) is 9.74. The van der Waals surface area contributed by atoms with Crippen LogP contribution in [0, 0.1) is 0 Å². The van der Waals surface area contributed by atoms with Crippen LogP contribution in [-0.4, -0.2) is 77.6 Å². The van der Waals surface area contributed by atoms with Gasteiger partial charge in [-0.05, 0) is 7.05 Å². The van der Waals surface area contributed by atoms with Gasteiger partial charge in [-0.15, -0.1) is 0 Å². The molecule has 7 nitrogen and oxygen atoms in total. The molecule has 2 heterocycles. The highest BCUT2D eigenvalue weighted by Gasteiger charge is 2.17. The number of aliphatic hydroxyl groups is 1. The van der Waals surface area contributed by atoms with E-state index in [4.69, 9.17) is 9.26 Å². The van der Waals surface area contributed by atoms with Gasteiger partial charge in [-0.25, -0.2) is 0 Å². The van der Waals surface area contributed by atoms with Crippen molar-refractivity contribution in [3.63, 3.8) is 0 Å². The monoisotopic (exact) mass is 332 g/mol. The second-order valence-corrected chi connectivity index (χ2v) is 6.14. The largest absolute Gasteiger partial charge is 0.390 e. The second kappa shape index (κ2) is 8.34. The lowest BCUT2D eigenvalue weighted by Crippen LogP contribution is -2.43. The van der Waals surface area contributed by atoms with Crippen LogP contribution in [0.25, 0.3) is 11.4 Å². The summed E-state index contributed by atoms with van der Waals surface area (Å²) in [6.07, 6.45) is -0.412. The van der Waals surface area contributed by atoms with Crippen molar-refractivity contribution in [2.24, 2.45) is 0 Å². The molecule has 1 fully saturated rings. The minimum atomic E-state index is -0.412. The number of aliphatic hydroxyl groups excluding tert-OH is 1. The molecule has 1 saturated heterocycles. The highest BCUT2D eigenvalue weighted by Crippen LogP contribution is 2.15. The molecule has 0 saturated carbocycles. The molecule has 1 N–H and O–H groups in total. The predicted octanol–water partition coefficient (Wildman–Crippen LogP) is 0.861. The zero-order valence-electron chi connectivity index (χ0n) is 14.0. The zero-order valence-corrected chi connectivity index (χ0v) is 14.0. The molecule has 0 spiro atoms. The number of β-amino-alcohol motifs (C(OH)–C–C–N with tert-alkyl or cyclic N) is 1. The molecular formula is C17H24N4O3. The Kier molecular flexibility index (Phi) is 5.92. The summed E-state index contributed by atoms with van der Waals surface area (Å²) in [5.74, 6) is 1.14. The summed E-state index contributed by atoms with van der Waals surface area (Å²) < 4.78 is 10.6. The minimum absolute atomic E-state index is 0.412. The molecule has 7 heteroatoms. The fourth-order valence-electron chi connectivity index (χ4n) is 2.82. The number of benzene rings is 1. The SMILES string of the molecule is CN(Cc1nc(-c2ccccc2)no1)CC(O)CN1CCOCC1.